The van der Waals surface area contributed by atoms with Gasteiger partial charge >= 0.3 is 0 Å². The maximum absolute atomic E-state index is 13.2. The van der Waals surface area contributed by atoms with Crippen LogP contribution in [-0.4, -0.2) is 23.5 Å². The number of aromatic amines is 1. The number of aromatic nitrogens is 2. The number of nitrogens with zero attached hydrogens (tertiary/aromatic N) is 1. The van der Waals surface area contributed by atoms with Gasteiger partial charge in [-0.25, -0.2) is 22.5 Å². The van der Waals surface area contributed by atoms with Crippen molar-refractivity contribution in [3.05, 3.63) is 47.8 Å². The van der Waals surface area contributed by atoms with E-state index in [1.807, 2.05) is 0 Å². The second-order valence-corrected chi connectivity index (χ2v) is 5.91. The molecule has 1 unspecified atom stereocenters. The summed E-state index contributed by atoms with van der Waals surface area (Å²) in [4.78, 5) is 6.46. The number of benzene rings is 1. The number of halogens is 1. The molecule has 0 bridgehead atoms. The highest BCUT2D eigenvalue weighted by molar-refractivity contribution is 7.89. The summed E-state index contributed by atoms with van der Waals surface area (Å²) in [6.45, 7) is 1.11. The highest BCUT2D eigenvalue weighted by Crippen LogP contribution is 2.19. The number of sulfonamides is 1. The van der Waals surface area contributed by atoms with Crippen LogP contribution in [0.3, 0.4) is 0 Å². The Morgan fingerprint density at radius 1 is 1.50 bits per heavy atom. The van der Waals surface area contributed by atoms with E-state index in [2.05, 4.69) is 14.7 Å². The fraction of sp³-hybridized carbons (Fsp3) is 0.250. The molecule has 0 saturated heterocycles. The van der Waals surface area contributed by atoms with Crippen LogP contribution >= 0.6 is 0 Å². The molecule has 1 heterocycles. The van der Waals surface area contributed by atoms with E-state index in [0.29, 0.717) is 5.82 Å². The van der Waals surface area contributed by atoms with Crippen molar-refractivity contribution in [3.63, 3.8) is 0 Å². The summed E-state index contributed by atoms with van der Waals surface area (Å²) in [7, 11) is -3.96. The molecule has 0 amide bonds. The van der Waals surface area contributed by atoms with E-state index in [0.717, 1.165) is 12.1 Å². The third kappa shape index (κ3) is 3.03. The first-order valence-corrected chi connectivity index (χ1v) is 7.33. The van der Waals surface area contributed by atoms with Gasteiger partial charge < -0.3 is 10.1 Å². The summed E-state index contributed by atoms with van der Waals surface area (Å²) in [5.41, 5.74) is 0.130. The topological polar surface area (TPSA) is 95.1 Å². The molecule has 2 aromatic rings. The Balaban J connectivity index is 2.33. The van der Waals surface area contributed by atoms with Gasteiger partial charge in [0.25, 0.3) is 0 Å². The zero-order valence-electron chi connectivity index (χ0n) is 10.7. The van der Waals surface area contributed by atoms with Crippen molar-refractivity contribution in [3.8, 4) is 0 Å². The van der Waals surface area contributed by atoms with E-state index >= 15 is 0 Å². The number of H-pyrrole nitrogens is 1. The van der Waals surface area contributed by atoms with E-state index in [1.165, 1.54) is 12.3 Å². The number of imidazole rings is 1. The van der Waals surface area contributed by atoms with E-state index < -0.39 is 28.5 Å². The minimum atomic E-state index is -3.96. The molecule has 0 spiro atoms. The van der Waals surface area contributed by atoms with Crippen LogP contribution in [0.5, 0.6) is 0 Å². The molecule has 6 nitrogen and oxygen atoms in total. The summed E-state index contributed by atoms with van der Waals surface area (Å²) in [5.74, 6) is -0.247. The van der Waals surface area contributed by atoms with Gasteiger partial charge in [0.05, 0.1) is 17.5 Å². The van der Waals surface area contributed by atoms with Gasteiger partial charge in [-0.05, 0) is 24.6 Å². The van der Waals surface area contributed by atoms with Crippen molar-refractivity contribution >= 4 is 10.0 Å². The first-order valence-electron chi connectivity index (χ1n) is 5.85. The molecule has 3 N–H and O–H groups in total. The number of aliphatic hydroxyl groups excluding tert-OH is 1. The smallest absolute Gasteiger partial charge is 0.241 e. The molecule has 0 aliphatic carbocycles. The van der Waals surface area contributed by atoms with Crippen molar-refractivity contribution in [1.82, 2.24) is 14.7 Å². The summed E-state index contributed by atoms with van der Waals surface area (Å²) >= 11 is 0. The van der Waals surface area contributed by atoms with Crippen molar-refractivity contribution in [2.24, 2.45) is 0 Å². The second kappa shape index (κ2) is 5.70. The van der Waals surface area contributed by atoms with Crippen molar-refractivity contribution in [2.75, 3.05) is 0 Å². The van der Waals surface area contributed by atoms with Crippen LogP contribution in [0.2, 0.25) is 0 Å². The number of aliphatic hydroxyl groups is 1. The quantitative estimate of drug-likeness (QED) is 0.770. The average Bonchev–Trinajstić information content (AvgIpc) is 2.92. The minimum Gasteiger partial charge on any atom is -0.392 e. The van der Waals surface area contributed by atoms with Crippen LogP contribution in [0.4, 0.5) is 4.39 Å². The van der Waals surface area contributed by atoms with Gasteiger partial charge in [-0.15, -0.1) is 0 Å². The van der Waals surface area contributed by atoms with Gasteiger partial charge in [0.2, 0.25) is 10.0 Å². The van der Waals surface area contributed by atoms with Gasteiger partial charge in [-0.1, -0.05) is 6.07 Å². The number of hydrogen-bond acceptors (Lipinski definition) is 4. The summed E-state index contributed by atoms with van der Waals surface area (Å²) in [6.07, 6.45) is 3.07. The predicted octanol–water partition coefficient (Wildman–Crippen LogP) is 1.08. The van der Waals surface area contributed by atoms with E-state index in [9.17, 15) is 12.8 Å². The molecule has 1 aromatic heterocycles. The van der Waals surface area contributed by atoms with Gasteiger partial charge in [0.15, 0.2) is 0 Å². The molecule has 1 aromatic carbocycles. The fourth-order valence-electron chi connectivity index (χ4n) is 1.78. The zero-order valence-corrected chi connectivity index (χ0v) is 11.5. The van der Waals surface area contributed by atoms with Gasteiger partial charge in [0, 0.05) is 12.4 Å². The molecule has 108 valence electrons. The van der Waals surface area contributed by atoms with E-state index in [4.69, 9.17) is 5.11 Å². The summed E-state index contributed by atoms with van der Waals surface area (Å²) in [5, 5.41) is 9.16. The molecule has 8 heteroatoms. The standard InChI is InChI=1S/C12H14FN3O3S/c1-8(12-14-4-5-15-12)16-20(18,19)11-6-10(13)3-2-9(11)7-17/h2-6,8,16-17H,7H2,1H3,(H,14,15). The lowest BCUT2D eigenvalue weighted by Gasteiger charge is -2.14. The molecule has 2 rings (SSSR count). The summed E-state index contributed by atoms with van der Waals surface area (Å²) in [6, 6.07) is 2.61. The van der Waals surface area contributed by atoms with E-state index in [-0.39, 0.29) is 10.5 Å². The Morgan fingerprint density at radius 2 is 2.25 bits per heavy atom. The van der Waals surface area contributed by atoms with Crippen molar-refractivity contribution in [2.45, 2.75) is 24.5 Å². The molecular weight excluding hydrogens is 285 g/mol. The predicted molar refractivity (Wildman–Crippen MR) is 69.6 cm³/mol. The maximum Gasteiger partial charge on any atom is 0.241 e. The Hall–Kier alpha value is -1.77. The Labute approximate surface area is 115 Å². The van der Waals surface area contributed by atoms with Crippen molar-refractivity contribution in [1.29, 1.82) is 0 Å². The molecule has 1 atom stereocenters. The highest BCUT2D eigenvalue weighted by atomic mass is 32.2. The van der Waals surface area contributed by atoms with Crippen LogP contribution in [0, 0.1) is 5.82 Å². The molecule has 0 aliphatic heterocycles. The third-order valence-corrected chi connectivity index (χ3v) is 4.37. The van der Waals surface area contributed by atoms with Crippen LogP contribution in [-0.2, 0) is 16.6 Å². The van der Waals surface area contributed by atoms with Gasteiger partial charge in [-0.3, -0.25) is 0 Å². The lowest BCUT2D eigenvalue weighted by atomic mass is 10.2. The normalized spacial score (nSPS) is 13.3. The van der Waals surface area contributed by atoms with E-state index in [1.54, 1.807) is 13.1 Å². The van der Waals surface area contributed by atoms with Crippen LogP contribution in [0.25, 0.3) is 0 Å². The van der Waals surface area contributed by atoms with Gasteiger partial charge in [0.1, 0.15) is 11.6 Å². The Kier molecular flexibility index (Phi) is 4.17. The van der Waals surface area contributed by atoms with Crippen LogP contribution < -0.4 is 4.72 Å². The molecule has 0 aliphatic rings. The first-order chi connectivity index (χ1) is 9.44. The SMILES string of the molecule is CC(NS(=O)(=O)c1cc(F)ccc1CO)c1ncc[nH]1. The third-order valence-electron chi connectivity index (χ3n) is 2.75. The minimum absolute atomic E-state index is 0.130. The molecule has 0 radical (unpaired) electrons. The fourth-order valence-corrected chi connectivity index (χ4v) is 3.23. The van der Waals surface area contributed by atoms with Crippen molar-refractivity contribution < 1.29 is 17.9 Å². The molecule has 20 heavy (non-hydrogen) atoms. The Morgan fingerprint density at radius 3 is 2.85 bits per heavy atom. The highest BCUT2D eigenvalue weighted by Gasteiger charge is 2.22. The first kappa shape index (κ1) is 14.6. The number of rotatable bonds is 5. The summed E-state index contributed by atoms with van der Waals surface area (Å²) < 4.78 is 40.1. The monoisotopic (exact) mass is 299 g/mol. The lowest BCUT2D eigenvalue weighted by Crippen LogP contribution is -2.28. The largest absolute Gasteiger partial charge is 0.392 e. The molecular formula is C12H14FN3O3S. The number of hydrogen-bond donors (Lipinski definition) is 3. The maximum atomic E-state index is 13.2. The van der Waals surface area contributed by atoms with Gasteiger partial charge in [-0.2, -0.15) is 0 Å². The van der Waals surface area contributed by atoms with Crippen LogP contribution in [0.15, 0.2) is 35.5 Å². The molecule has 0 fully saturated rings. The Bertz CT molecular complexity index is 686. The lowest BCUT2D eigenvalue weighted by molar-refractivity contribution is 0.278. The average molecular weight is 299 g/mol. The second-order valence-electron chi connectivity index (χ2n) is 4.23. The van der Waals surface area contributed by atoms with Crippen LogP contribution in [0.1, 0.15) is 24.4 Å². The molecule has 0 saturated carbocycles. The number of nitrogens with one attached hydrogen (secondary N) is 2. The zero-order chi connectivity index (χ0) is 14.8.